The van der Waals surface area contributed by atoms with Crippen LogP contribution in [0.25, 0.3) is 0 Å². The number of hydrogen-bond acceptors (Lipinski definition) is 4. The second-order valence-electron chi connectivity index (χ2n) is 7.94. The van der Waals surface area contributed by atoms with Crippen molar-refractivity contribution in [2.24, 2.45) is 0 Å². The minimum atomic E-state index is -0.720. The van der Waals surface area contributed by atoms with Gasteiger partial charge in [-0.05, 0) is 54.3 Å². The lowest BCUT2D eigenvalue weighted by Gasteiger charge is -2.37. The molecule has 0 aliphatic carbocycles. The Hall–Kier alpha value is -3.35. The van der Waals surface area contributed by atoms with Crippen LogP contribution in [0.5, 0.6) is 5.75 Å². The van der Waals surface area contributed by atoms with Crippen molar-refractivity contribution in [1.29, 1.82) is 0 Å². The van der Waals surface area contributed by atoms with Crippen LogP contribution in [0.2, 0.25) is 0 Å². The molecule has 2 fully saturated rings. The Balaban J connectivity index is 1.60. The standard InChI is InChI=1S/C23H25N3O4/c1-14(2)15-4-8-17(9-5-15)26-22(28)20-19(24-23(26)29)12-13-25(20)21(27)16-6-10-18(30-3)11-7-16/h4-11,14,19-20H,12-13H2,1-3H3,(H,24,29). The lowest BCUT2D eigenvalue weighted by Crippen LogP contribution is -2.65. The van der Waals surface area contributed by atoms with Crippen LogP contribution in [0.1, 0.15) is 42.1 Å². The van der Waals surface area contributed by atoms with E-state index in [0.29, 0.717) is 35.9 Å². The molecule has 2 aromatic rings. The van der Waals surface area contributed by atoms with Gasteiger partial charge in [-0.15, -0.1) is 0 Å². The van der Waals surface area contributed by atoms with E-state index < -0.39 is 12.1 Å². The summed E-state index contributed by atoms with van der Waals surface area (Å²) >= 11 is 0. The summed E-state index contributed by atoms with van der Waals surface area (Å²) in [5, 5.41) is 2.90. The number of hydrogen-bond donors (Lipinski definition) is 1. The smallest absolute Gasteiger partial charge is 0.329 e. The number of imide groups is 1. The van der Waals surface area contributed by atoms with Gasteiger partial charge in [0.25, 0.3) is 11.8 Å². The molecule has 2 heterocycles. The lowest BCUT2D eigenvalue weighted by atomic mass is 10.0. The molecule has 4 amide bonds. The first kappa shape index (κ1) is 19.9. The molecular weight excluding hydrogens is 382 g/mol. The molecule has 2 saturated heterocycles. The summed E-state index contributed by atoms with van der Waals surface area (Å²) in [6.45, 7) is 4.57. The average Bonchev–Trinajstić information content (AvgIpc) is 3.17. The Kier molecular flexibility index (Phi) is 5.20. The van der Waals surface area contributed by atoms with E-state index >= 15 is 0 Å². The number of methoxy groups -OCH3 is 1. The summed E-state index contributed by atoms with van der Waals surface area (Å²) in [7, 11) is 1.56. The zero-order chi connectivity index (χ0) is 21.4. The topological polar surface area (TPSA) is 79.0 Å². The molecule has 1 N–H and O–H groups in total. The first-order valence-electron chi connectivity index (χ1n) is 10.1. The first-order valence-corrected chi connectivity index (χ1v) is 10.1. The molecule has 0 bridgehead atoms. The van der Waals surface area contributed by atoms with E-state index in [9.17, 15) is 14.4 Å². The number of carbonyl (C=O) groups is 3. The normalized spacial score (nSPS) is 20.9. The Morgan fingerprint density at radius 1 is 1.07 bits per heavy atom. The van der Waals surface area contributed by atoms with Gasteiger partial charge in [-0.2, -0.15) is 0 Å². The third-order valence-electron chi connectivity index (χ3n) is 5.80. The summed E-state index contributed by atoms with van der Waals surface area (Å²) in [4.78, 5) is 41.8. The monoisotopic (exact) mass is 407 g/mol. The van der Waals surface area contributed by atoms with Crippen LogP contribution in [0.4, 0.5) is 10.5 Å². The van der Waals surface area contributed by atoms with Gasteiger partial charge < -0.3 is 15.0 Å². The van der Waals surface area contributed by atoms with Crippen LogP contribution in [-0.2, 0) is 4.79 Å². The van der Waals surface area contributed by atoms with Crippen molar-refractivity contribution in [3.05, 3.63) is 59.7 Å². The van der Waals surface area contributed by atoms with Crippen molar-refractivity contribution < 1.29 is 19.1 Å². The van der Waals surface area contributed by atoms with Gasteiger partial charge in [-0.25, -0.2) is 9.69 Å². The maximum absolute atomic E-state index is 13.3. The number of urea groups is 1. The Morgan fingerprint density at radius 2 is 1.73 bits per heavy atom. The quantitative estimate of drug-likeness (QED) is 0.844. The second-order valence-corrected chi connectivity index (χ2v) is 7.94. The molecule has 2 aliphatic heterocycles. The molecular formula is C23H25N3O4. The largest absolute Gasteiger partial charge is 0.497 e. The predicted molar refractivity (Wildman–Crippen MR) is 113 cm³/mol. The van der Waals surface area contributed by atoms with Crippen LogP contribution < -0.4 is 15.0 Å². The number of anilines is 1. The predicted octanol–water partition coefficient (Wildman–Crippen LogP) is 3.16. The van der Waals surface area contributed by atoms with Crippen LogP contribution in [0.3, 0.4) is 0 Å². The highest BCUT2D eigenvalue weighted by Gasteiger charge is 2.50. The highest BCUT2D eigenvalue weighted by molar-refractivity contribution is 6.19. The highest BCUT2D eigenvalue weighted by Crippen LogP contribution is 2.30. The fourth-order valence-corrected chi connectivity index (χ4v) is 4.08. The summed E-state index contributed by atoms with van der Waals surface area (Å²) < 4.78 is 5.14. The van der Waals surface area contributed by atoms with Crippen molar-refractivity contribution in [1.82, 2.24) is 10.2 Å². The van der Waals surface area contributed by atoms with Gasteiger partial charge in [-0.1, -0.05) is 26.0 Å². The van der Waals surface area contributed by atoms with Crippen LogP contribution in [-0.4, -0.2) is 48.5 Å². The number of carbonyl (C=O) groups excluding carboxylic acids is 3. The molecule has 0 radical (unpaired) electrons. The SMILES string of the molecule is COc1ccc(C(=O)N2CCC3NC(=O)N(c4ccc(C(C)C)cc4)C(=O)C32)cc1. The van der Waals surface area contributed by atoms with E-state index in [1.807, 2.05) is 12.1 Å². The summed E-state index contributed by atoms with van der Waals surface area (Å²) in [5.41, 5.74) is 2.11. The fraction of sp³-hybridized carbons (Fsp3) is 0.348. The first-order chi connectivity index (χ1) is 14.4. The number of amides is 4. The minimum absolute atomic E-state index is 0.232. The van der Waals surface area contributed by atoms with E-state index in [2.05, 4.69) is 19.2 Å². The number of ether oxygens (including phenoxy) is 1. The van der Waals surface area contributed by atoms with Crippen LogP contribution in [0.15, 0.2) is 48.5 Å². The number of rotatable bonds is 4. The third kappa shape index (κ3) is 3.40. The number of nitrogens with one attached hydrogen (secondary N) is 1. The van der Waals surface area contributed by atoms with Gasteiger partial charge in [0.2, 0.25) is 0 Å². The molecule has 4 rings (SSSR count). The molecule has 2 atom stereocenters. The molecule has 0 spiro atoms. The summed E-state index contributed by atoms with van der Waals surface area (Å²) in [6, 6.07) is 12.6. The zero-order valence-corrected chi connectivity index (χ0v) is 17.3. The van der Waals surface area contributed by atoms with Gasteiger partial charge in [0.15, 0.2) is 0 Å². The van der Waals surface area contributed by atoms with E-state index in [-0.39, 0.29) is 17.9 Å². The summed E-state index contributed by atoms with van der Waals surface area (Å²) in [5.74, 6) is 0.398. The van der Waals surface area contributed by atoms with Crippen molar-refractivity contribution >= 4 is 23.5 Å². The third-order valence-corrected chi connectivity index (χ3v) is 5.80. The molecule has 30 heavy (non-hydrogen) atoms. The number of nitrogens with zero attached hydrogens (tertiary/aromatic N) is 2. The molecule has 2 aliphatic rings. The Labute approximate surface area is 175 Å². The van der Waals surface area contributed by atoms with Crippen molar-refractivity contribution in [2.75, 3.05) is 18.6 Å². The maximum Gasteiger partial charge on any atom is 0.329 e. The van der Waals surface area contributed by atoms with Gasteiger partial charge in [0.05, 0.1) is 18.8 Å². The van der Waals surface area contributed by atoms with E-state index in [1.54, 1.807) is 48.4 Å². The minimum Gasteiger partial charge on any atom is -0.497 e. The zero-order valence-electron chi connectivity index (χ0n) is 17.3. The molecule has 7 nitrogen and oxygen atoms in total. The lowest BCUT2D eigenvalue weighted by molar-refractivity contribution is -0.122. The Morgan fingerprint density at radius 3 is 2.33 bits per heavy atom. The molecule has 156 valence electrons. The van der Waals surface area contributed by atoms with E-state index in [4.69, 9.17) is 4.74 Å². The Bertz CT molecular complexity index is 969. The molecule has 2 unspecified atom stereocenters. The van der Waals surface area contributed by atoms with Crippen molar-refractivity contribution in [2.45, 2.75) is 38.3 Å². The molecule has 0 aromatic heterocycles. The highest BCUT2D eigenvalue weighted by atomic mass is 16.5. The molecule has 7 heteroatoms. The van der Waals surface area contributed by atoms with Crippen LogP contribution in [0, 0.1) is 0 Å². The van der Waals surface area contributed by atoms with Gasteiger partial charge in [-0.3, -0.25) is 9.59 Å². The number of likely N-dealkylation sites (tertiary alicyclic amines) is 1. The average molecular weight is 407 g/mol. The van der Waals surface area contributed by atoms with Crippen molar-refractivity contribution in [3.63, 3.8) is 0 Å². The number of benzene rings is 2. The molecule has 2 aromatic carbocycles. The van der Waals surface area contributed by atoms with Gasteiger partial charge in [0.1, 0.15) is 11.8 Å². The van der Waals surface area contributed by atoms with Crippen LogP contribution >= 0.6 is 0 Å². The molecule has 0 saturated carbocycles. The van der Waals surface area contributed by atoms with E-state index in [1.165, 1.54) is 0 Å². The number of fused-ring (bicyclic) bond motifs is 1. The maximum atomic E-state index is 13.3. The van der Waals surface area contributed by atoms with Gasteiger partial charge >= 0.3 is 6.03 Å². The fourth-order valence-electron chi connectivity index (χ4n) is 4.08. The van der Waals surface area contributed by atoms with E-state index in [0.717, 1.165) is 10.5 Å². The summed E-state index contributed by atoms with van der Waals surface area (Å²) in [6.07, 6.45) is 0.546. The van der Waals surface area contributed by atoms with Crippen molar-refractivity contribution in [3.8, 4) is 5.75 Å². The second kappa shape index (κ2) is 7.82. The van der Waals surface area contributed by atoms with Gasteiger partial charge in [0, 0.05) is 12.1 Å².